The van der Waals surface area contributed by atoms with Crippen LogP contribution < -0.4 is 10.1 Å². The van der Waals surface area contributed by atoms with Crippen LogP contribution >= 0.6 is 0 Å². The molecule has 2 unspecified atom stereocenters. The zero-order valence-electron chi connectivity index (χ0n) is 25.4. The number of aliphatic hydroxyl groups excluding tert-OH is 2. The van der Waals surface area contributed by atoms with Gasteiger partial charge in [0.15, 0.2) is 5.76 Å². The van der Waals surface area contributed by atoms with E-state index in [0.29, 0.717) is 23.7 Å². The Morgan fingerprint density at radius 1 is 1.05 bits per heavy atom. The van der Waals surface area contributed by atoms with E-state index in [-0.39, 0.29) is 31.3 Å². The van der Waals surface area contributed by atoms with Gasteiger partial charge in [-0.05, 0) is 111 Å². The monoisotopic (exact) mass is 581 g/mol. The number of likely N-dealkylation sites (tertiary alicyclic amines) is 1. The highest BCUT2D eigenvalue weighted by Gasteiger charge is 2.37. The van der Waals surface area contributed by atoms with Crippen LogP contribution in [-0.2, 0) is 13.2 Å². The Morgan fingerprint density at radius 3 is 2.40 bits per heavy atom. The fraction of sp³-hybridized carbons (Fsp3) is 0.676. The Hall–Kier alpha value is -2.39. The van der Waals surface area contributed by atoms with Crippen molar-refractivity contribution in [2.24, 2.45) is 11.3 Å². The van der Waals surface area contributed by atoms with Gasteiger partial charge in [-0.1, -0.05) is 32.3 Å². The van der Waals surface area contributed by atoms with Crippen LogP contribution in [0.2, 0.25) is 0 Å². The molecule has 1 aromatic carbocycles. The molecular weight excluding hydrogens is 530 g/mol. The maximum Gasteiger partial charge on any atom is 0.291 e. The lowest BCUT2D eigenvalue weighted by Gasteiger charge is -2.45. The summed E-state index contributed by atoms with van der Waals surface area (Å²) in [5.41, 5.74) is 1.84. The Labute approximate surface area is 251 Å². The van der Waals surface area contributed by atoms with Gasteiger partial charge in [0.1, 0.15) is 5.75 Å². The molecule has 0 radical (unpaired) electrons. The number of aliphatic hydroxyl groups is 2. The fourth-order valence-corrected chi connectivity index (χ4v) is 7.43. The van der Waals surface area contributed by atoms with Gasteiger partial charge in [-0.15, -0.1) is 0 Å². The van der Waals surface area contributed by atoms with Gasteiger partial charge in [0.2, 0.25) is 0 Å². The number of amides is 1. The normalized spacial score (nSPS) is 23.5. The van der Waals surface area contributed by atoms with Gasteiger partial charge >= 0.3 is 0 Å². The van der Waals surface area contributed by atoms with E-state index in [0.717, 1.165) is 75.2 Å². The number of nitrogens with zero attached hydrogens (tertiary/aromatic N) is 2. The maximum atomic E-state index is 13.6. The van der Waals surface area contributed by atoms with Crippen molar-refractivity contribution in [3.05, 3.63) is 53.5 Å². The molecule has 0 spiro atoms. The molecule has 42 heavy (non-hydrogen) atoms. The molecule has 1 aliphatic carbocycles. The molecule has 3 heterocycles. The van der Waals surface area contributed by atoms with Crippen LogP contribution in [0.15, 0.2) is 41.0 Å². The Bertz CT molecular complexity index is 1080. The highest BCUT2D eigenvalue weighted by atomic mass is 16.5. The lowest BCUT2D eigenvalue weighted by atomic mass is 9.69. The molecule has 232 valence electrons. The van der Waals surface area contributed by atoms with Crippen molar-refractivity contribution < 1.29 is 24.2 Å². The SMILES string of the molecule is CC1CCC(N(C(=O)c2ccco2)C2CCN(CCC3(CCOc4cc(CO)cc(CO)c4)CCCCC3)CC2)NC1. The highest BCUT2D eigenvalue weighted by molar-refractivity contribution is 5.92. The predicted molar refractivity (Wildman–Crippen MR) is 163 cm³/mol. The highest BCUT2D eigenvalue weighted by Crippen LogP contribution is 2.43. The minimum absolute atomic E-state index is 0.0160. The first-order valence-corrected chi connectivity index (χ1v) is 16.3. The van der Waals surface area contributed by atoms with Crippen molar-refractivity contribution in [1.29, 1.82) is 0 Å². The molecule has 3 N–H and O–H groups in total. The van der Waals surface area contributed by atoms with E-state index in [1.54, 1.807) is 18.4 Å². The third kappa shape index (κ3) is 7.95. The first-order chi connectivity index (χ1) is 20.5. The van der Waals surface area contributed by atoms with Gasteiger partial charge in [-0.2, -0.15) is 0 Å². The quantitative estimate of drug-likeness (QED) is 0.312. The van der Waals surface area contributed by atoms with Gasteiger partial charge in [0.25, 0.3) is 5.91 Å². The van der Waals surface area contributed by atoms with Crippen LogP contribution in [0, 0.1) is 11.3 Å². The fourth-order valence-electron chi connectivity index (χ4n) is 7.43. The number of rotatable bonds is 12. The minimum Gasteiger partial charge on any atom is -0.494 e. The third-order valence-corrected chi connectivity index (χ3v) is 10.1. The van der Waals surface area contributed by atoms with Crippen LogP contribution in [0.3, 0.4) is 0 Å². The van der Waals surface area contributed by atoms with Gasteiger partial charge in [-0.3, -0.25) is 10.1 Å². The van der Waals surface area contributed by atoms with Crippen molar-refractivity contribution in [3.8, 4) is 5.75 Å². The largest absolute Gasteiger partial charge is 0.494 e. The Balaban J connectivity index is 1.15. The summed E-state index contributed by atoms with van der Waals surface area (Å²) >= 11 is 0. The first kappa shape index (κ1) is 31.0. The van der Waals surface area contributed by atoms with Crippen molar-refractivity contribution in [2.75, 3.05) is 32.8 Å². The minimum atomic E-state index is -0.0596. The molecule has 1 amide bonds. The van der Waals surface area contributed by atoms with Crippen LogP contribution in [-0.4, -0.2) is 70.9 Å². The van der Waals surface area contributed by atoms with Crippen LogP contribution in [0.4, 0.5) is 0 Å². The molecule has 8 nitrogen and oxygen atoms in total. The number of ether oxygens (including phenoxy) is 1. The molecule has 3 aliphatic rings. The lowest BCUT2D eigenvalue weighted by molar-refractivity contribution is 0.0243. The van der Waals surface area contributed by atoms with E-state index in [1.165, 1.54) is 38.5 Å². The molecule has 8 heteroatoms. The standard InChI is InChI=1S/C34H51N3O5/c1-26-7-8-32(35-23-26)37(33(40)31-6-5-18-42-31)29-9-15-36(16-10-29)17-13-34(11-3-2-4-12-34)14-19-41-30-21-27(24-38)20-28(22-30)25-39/h5-6,18,20-22,26,29,32,35,38-39H,2-4,7-17,19,23-25H2,1H3. The van der Waals surface area contributed by atoms with Crippen LogP contribution in [0.25, 0.3) is 0 Å². The van der Waals surface area contributed by atoms with E-state index in [4.69, 9.17) is 9.15 Å². The molecule has 2 aromatic rings. The number of furan rings is 1. The summed E-state index contributed by atoms with van der Waals surface area (Å²) in [5, 5.41) is 22.8. The van der Waals surface area contributed by atoms with Crippen molar-refractivity contribution in [2.45, 2.75) is 103 Å². The second-order valence-electron chi connectivity index (χ2n) is 13.1. The first-order valence-electron chi connectivity index (χ1n) is 16.3. The van der Waals surface area contributed by atoms with Gasteiger partial charge in [0.05, 0.1) is 32.2 Å². The number of carbonyl (C=O) groups excluding carboxylic acids is 1. The average Bonchev–Trinajstić information content (AvgIpc) is 3.57. The lowest BCUT2D eigenvalue weighted by Crippen LogP contribution is -2.58. The Kier molecular flexibility index (Phi) is 11.0. The molecule has 2 atom stereocenters. The molecule has 1 saturated carbocycles. The van der Waals surface area contributed by atoms with Gasteiger partial charge < -0.3 is 29.2 Å². The molecule has 0 bridgehead atoms. The number of carbonyl (C=O) groups is 1. The van der Waals surface area contributed by atoms with Crippen LogP contribution in [0.1, 0.15) is 99.2 Å². The summed E-state index contributed by atoms with van der Waals surface area (Å²) in [7, 11) is 0. The molecule has 2 aliphatic heterocycles. The molecule has 3 fully saturated rings. The number of nitrogens with one attached hydrogen (secondary N) is 1. The van der Waals surface area contributed by atoms with E-state index in [1.807, 2.05) is 18.2 Å². The number of benzene rings is 1. The van der Waals surface area contributed by atoms with E-state index in [2.05, 4.69) is 22.0 Å². The second kappa shape index (κ2) is 14.9. The topological polar surface area (TPSA) is 98.4 Å². The summed E-state index contributed by atoms with van der Waals surface area (Å²) in [6, 6.07) is 9.38. The molecule has 2 saturated heterocycles. The number of hydrogen-bond acceptors (Lipinski definition) is 7. The van der Waals surface area contributed by atoms with Crippen molar-refractivity contribution in [3.63, 3.8) is 0 Å². The number of hydrogen-bond donors (Lipinski definition) is 3. The zero-order valence-corrected chi connectivity index (χ0v) is 25.4. The summed E-state index contributed by atoms with van der Waals surface area (Å²) in [5.74, 6) is 1.83. The summed E-state index contributed by atoms with van der Waals surface area (Å²) in [6.45, 7) is 6.87. The summed E-state index contributed by atoms with van der Waals surface area (Å²) < 4.78 is 11.7. The maximum absolute atomic E-state index is 13.6. The molecular formula is C34H51N3O5. The van der Waals surface area contributed by atoms with Crippen molar-refractivity contribution in [1.82, 2.24) is 15.1 Å². The van der Waals surface area contributed by atoms with Crippen LogP contribution in [0.5, 0.6) is 5.75 Å². The summed E-state index contributed by atoms with van der Waals surface area (Å²) in [4.78, 5) is 18.3. The molecule has 1 aromatic heterocycles. The van der Waals surface area contributed by atoms with E-state index >= 15 is 0 Å². The number of piperidine rings is 2. The zero-order chi connectivity index (χ0) is 29.4. The Morgan fingerprint density at radius 2 is 1.79 bits per heavy atom. The predicted octanol–water partition coefficient (Wildman–Crippen LogP) is 5.33. The van der Waals surface area contributed by atoms with Crippen molar-refractivity contribution >= 4 is 5.91 Å². The van der Waals surface area contributed by atoms with Gasteiger partial charge in [-0.25, -0.2) is 0 Å². The van der Waals surface area contributed by atoms with Gasteiger partial charge in [0, 0.05) is 19.1 Å². The average molecular weight is 582 g/mol. The van der Waals surface area contributed by atoms with E-state index in [9.17, 15) is 15.0 Å². The summed E-state index contributed by atoms with van der Waals surface area (Å²) in [6.07, 6.45) is 14.4. The molecule has 5 rings (SSSR count). The smallest absolute Gasteiger partial charge is 0.291 e. The second-order valence-corrected chi connectivity index (χ2v) is 13.1. The third-order valence-electron chi connectivity index (χ3n) is 10.1. The van der Waals surface area contributed by atoms with E-state index < -0.39 is 0 Å².